The van der Waals surface area contributed by atoms with Crippen molar-refractivity contribution in [3.8, 4) is 0 Å². The number of carbonyl (C=O) groups is 4. The van der Waals surface area contributed by atoms with Gasteiger partial charge in [0.25, 0.3) is 0 Å². The zero-order valence-electron chi connectivity index (χ0n) is 25.3. The fourth-order valence-corrected chi connectivity index (χ4v) is 4.62. The third kappa shape index (κ3) is 13.5. The zero-order chi connectivity index (χ0) is 30.8. The molecule has 1 aliphatic rings. The molecule has 0 saturated heterocycles. The van der Waals surface area contributed by atoms with Gasteiger partial charge in [0.15, 0.2) is 0 Å². The van der Waals surface area contributed by atoms with Crippen molar-refractivity contribution in [1.82, 2.24) is 16.0 Å². The highest BCUT2D eigenvalue weighted by atomic mass is 16.6. The van der Waals surface area contributed by atoms with Crippen LogP contribution in [0.3, 0.4) is 0 Å². The molecule has 4 atom stereocenters. The van der Waals surface area contributed by atoms with Gasteiger partial charge in [0.2, 0.25) is 17.7 Å². The van der Waals surface area contributed by atoms with Crippen LogP contribution in [0, 0.1) is 5.92 Å². The van der Waals surface area contributed by atoms with Gasteiger partial charge in [-0.3, -0.25) is 14.4 Å². The van der Waals surface area contributed by atoms with E-state index in [1.165, 1.54) is 7.11 Å². The molecule has 0 heterocycles. The van der Waals surface area contributed by atoms with Crippen LogP contribution in [0.15, 0.2) is 30.3 Å². The number of nitrogens with two attached hydrogens (primary N) is 1. The molecule has 3 amide bonds. The van der Waals surface area contributed by atoms with Crippen molar-refractivity contribution in [3.05, 3.63) is 41.4 Å². The Balaban J connectivity index is 0.00000196. The second-order valence-corrected chi connectivity index (χ2v) is 10.8. The van der Waals surface area contributed by atoms with Crippen LogP contribution in [-0.2, 0) is 30.4 Å². The van der Waals surface area contributed by atoms with Gasteiger partial charge in [0, 0.05) is 13.5 Å². The number of nitrogens with zero attached hydrogens (tertiary/aromatic N) is 1. The summed E-state index contributed by atoms with van der Waals surface area (Å²) in [5.74, 6) is -2.31. The van der Waals surface area contributed by atoms with Gasteiger partial charge in [0.1, 0.15) is 18.1 Å². The highest BCUT2D eigenvalue weighted by molar-refractivity contribution is 5.95. The van der Waals surface area contributed by atoms with Crippen LogP contribution in [0.4, 0.5) is 0 Å². The molecule has 1 aromatic rings. The van der Waals surface area contributed by atoms with E-state index < -0.39 is 47.4 Å². The van der Waals surface area contributed by atoms with E-state index >= 15 is 0 Å². The van der Waals surface area contributed by atoms with E-state index in [4.69, 9.17) is 5.73 Å². The Kier molecular flexibility index (Phi) is 16.8. The van der Waals surface area contributed by atoms with Gasteiger partial charge < -0.3 is 37.1 Å². The summed E-state index contributed by atoms with van der Waals surface area (Å²) in [6, 6.07) is 6.38. The summed E-state index contributed by atoms with van der Waals surface area (Å²) in [7, 11) is 3.10. The predicted molar refractivity (Wildman–Crippen MR) is 159 cm³/mol. The fourth-order valence-electron chi connectivity index (χ4n) is 4.62. The molecular weight excluding hydrogens is 526 g/mol. The predicted octanol–water partition coefficient (Wildman–Crippen LogP) is 3.22. The van der Waals surface area contributed by atoms with E-state index in [9.17, 15) is 24.3 Å². The lowest BCUT2D eigenvalue weighted by Gasteiger charge is -2.28. The standard InChI is InChI=1S/C28H44N4O5.C2H6NO/c1-4-12-21(24(33)31-23(26(35)36)18-20-15-10-7-11-16-20)30-25(34)22(17-19-13-8-6-9-14-19)32-27(37)28(3,29)5-2;1-3-4-2/h6,8-9,13-14,20-23H,4-5,7,10-12,15-18,29H2,1-3H3,(H,30,34)(H,31,33)(H,32,37)(H,35,36);1-2H3/q;-1/t21-,22-,23-,28-;/m0./s1. The van der Waals surface area contributed by atoms with E-state index in [-0.39, 0.29) is 12.3 Å². The van der Waals surface area contributed by atoms with Crippen molar-refractivity contribution >= 4 is 23.7 Å². The Labute approximate surface area is 244 Å². The smallest absolute Gasteiger partial charge is 0.326 e. The number of carboxylic acids is 1. The van der Waals surface area contributed by atoms with Crippen LogP contribution in [0.2, 0.25) is 0 Å². The summed E-state index contributed by atoms with van der Waals surface area (Å²) in [6.07, 6.45) is 7.17. The summed E-state index contributed by atoms with van der Waals surface area (Å²) in [5, 5.41) is 17.9. The molecule has 6 N–H and O–H groups in total. The van der Waals surface area contributed by atoms with Crippen molar-refractivity contribution in [2.24, 2.45) is 11.7 Å². The third-order valence-electron chi connectivity index (χ3n) is 7.46. The van der Waals surface area contributed by atoms with Gasteiger partial charge in [-0.2, -0.15) is 0 Å². The number of aliphatic carboxylic acids is 1. The second kappa shape index (κ2) is 19.2. The van der Waals surface area contributed by atoms with Crippen LogP contribution >= 0.6 is 0 Å². The molecule has 1 aromatic carbocycles. The Bertz CT molecular complexity index is 935. The summed E-state index contributed by atoms with van der Waals surface area (Å²) in [4.78, 5) is 55.4. The lowest BCUT2D eigenvalue weighted by atomic mass is 9.84. The molecule has 0 aliphatic heterocycles. The summed E-state index contributed by atoms with van der Waals surface area (Å²) in [5.41, 5.74) is 9.02. The van der Waals surface area contributed by atoms with Crippen LogP contribution in [0.1, 0.15) is 84.1 Å². The number of benzene rings is 1. The number of hydrogen-bond donors (Lipinski definition) is 5. The maximum atomic E-state index is 13.4. The van der Waals surface area contributed by atoms with E-state index in [2.05, 4.69) is 26.3 Å². The van der Waals surface area contributed by atoms with Crippen molar-refractivity contribution in [2.75, 3.05) is 14.2 Å². The van der Waals surface area contributed by atoms with E-state index in [1.807, 2.05) is 37.3 Å². The number of rotatable bonds is 15. The van der Waals surface area contributed by atoms with Crippen molar-refractivity contribution in [2.45, 2.75) is 109 Å². The lowest BCUT2D eigenvalue weighted by Crippen LogP contribution is -2.60. The van der Waals surface area contributed by atoms with Crippen LogP contribution in [0.5, 0.6) is 0 Å². The Hall–Kier alpha value is -3.02. The second-order valence-electron chi connectivity index (χ2n) is 10.8. The average Bonchev–Trinajstić information content (AvgIpc) is 2.97. The number of carboxylic acid groups (broad SMARTS) is 1. The topological polar surface area (TPSA) is 174 Å². The minimum atomic E-state index is -1.15. The number of hydroxylamine groups is 1. The number of hydrogen-bond acceptors (Lipinski definition) is 6. The fraction of sp³-hybridized carbons (Fsp3) is 0.667. The molecule has 0 bridgehead atoms. The first-order valence-electron chi connectivity index (χ1n) is 14.6. The quantitative estimate of drug-likeness (QED) is 0.199. The van der Waals surface area contributed by atoms with Crippen molar-refractivity contribution in [1.29, 1.82) is 0 Å². The molecular formula is C30H50N5O6-. The lowest BCUT2D eigenvalue weighted by molar-refractivity contribution is -0.143. The van der Waals surface area contributed by atoms with Gasteiger partial charge in [0.05, 0.1) is 5.54 Å². The largest absolute Gasteiger partial charge is 0.537 e. The summed E-state index contributed by atoms with van der Waals surface area (Å²) < 4.78 is 0. The Morgan fingerprint density at radius 3 is 2.07 bits per heavy atom. The first-order valence-corrected chi connectivity index (χ1v) is 14.6. The van der Waals surface area contributed by atoms with Crippen molar-refractivity contribution in [3.63, 3.8) is 0 Å². The molecule has 0 unspecified atom stereocenters. The van der Waals surface area contributed by atoms with Gasteiger partial charge in [-0.15, -0.1) is 7.05 Å². The minimum absolute atomic E-state index is 0.220. The van der Waals surface area contributed by atoms with Crippen molar-refractivity contribution < 1.29 is 29.1 Å². The monoisotopic (exact) mass is 576 g/mol. The van der Waals surface area contributed by atoms with E-state index in [0.29, 0.717) is 25.7 Å². The molecule has 1 saturated carbocycles. The van der Waals surface area contributed by atoms with Crippen LogP contribution < -0.4 is 21.7 Å². The maximum absolute atomic E-state index is 13.4. The molecule has 0 spiro atoms. The molecule has 2 rings (SSSR count). The first-order chi connectivity index (χ1) is 19.5. The van der Waals surface area contributed by atoms with Gasteiger partial charge in [-0.1, -0.05) is 82.7 Å². The molecule has 1 fully saturated rings. The summed E-state index contributed by atoms with van der Waals surface area (Å²) in [6.45, 7) is 5.28. The summed E-state index contributed by atoms with van der Waals surface area (Å²) >= 11 is 0. The van der Waals surface area contributed by atoms with Crippen LogP contribution in [-0.4, -0.2) is 66.6 Å². The normalized spacial score (nSPS) is 17.0. The molecule has 0 radical (unpaired) electrons. The number of amides is 3. The SMILES string of the molecule is CCC[C@H](NC(=O)[C@H](Cc1ccccc1)NC(=O)[C@@](C)(N)CC)C(=O)N[C@@H](CC1CCCCC1)C(=O)O.C[N-]OC. The highest BCUT2D eigenvalue weighted by Gasteiger charge is 2.33. The van der Waals surface area contributed by atoms with E-state index in [0.717, 1.165) is 37.7 Å². The van der Waals surface area contributed by atoms with E-state index in [1.54, 1.807) is 20.9 Å². The molecule has 11 heteroatoms. The van der Waals surface area contributed by atoms with Gasteiger partial charge >= 0.3 is 5.97 Å². The first kappa shape index (κ1) is 36.0. The molecule has 11 nitrogen and oxygen atoms in total. The Morgan fingerprint density at radius 1 is 1.00 bits per heavy atom. The maximum Gasteiger partial charge on any atom is 0.326 e. The highest BCUT2D eigenvalue weighted by Crippen LogP contribution is 2.27. The molecule has 1 aliphatic carbocycles. The van der Waals surface area contributed by atoms with Gasteiger partial charge in [-0.05, 0) is 37.7 Å². The molecule has 232 valence electrons. The average molecular weight is 577 g/mol. The zero-order valence-corrected chi connectivity index (χ0v) is 25.3. The van der Waals surface area contributed by atoms with Crippen LogP contribution in [0.25, 0.3) is 5.48 Å². The third-order valence-corrected chi connectivity index (χ3v) is 7.46. The Morgan fingerprint density at radius 2 is 1.56 bits per heavy atom. The number of nitrogens with one attached hydrogen (secondary N) is 3. The minimum Gasteiger partial charge on any atom is -0.537 e. The molecule has 41 heavy (non-hydrogen) atoms. The molecule has 0 aromatic heterocycles. The van der Waals surface area contributed by atoms with Gasteiger partial charge in [-0.25, -0.2) is 4.79 Å². The number of carbonyl (C=O) groups excluding carboxylic acids is 3.